The molecule has 5 nitrogen and oxygen atoms in total. The first-order chi connectivity index (χ1) is 11.1. The number of aromatic nitrogens is 1. The summed E-state index contributed by atoms with van der Waals surface area (Å²) in [5, 5.41) is 3.27. The van der Waals surface area contributed by atoms with E-state index in [0.717, 1.165) is 24.0 Å². The van der Waals surface area contributed by atoms with Crippen molar-refractivity contribution in [3.05, 3.63) is 52.6 Å². The Bertz CT molecular complexity index is 695. The second-order valence-electron chi connectivity index (χ2n) is 5.47. The fourth-order valence-electron chi connectivity index (χ4n) is 2.57. The summed E-state index contributed by atoms with van der Waals surface area (Å²) < 4.78 is 6.77. The molecule has 8 heteroatoms. The van der Waals surface area contributed by atoms with Crippen LogP contribution >= 0.6 is 40.7 Å². The Balaban J connectivity index is 0.00000156. The number of halogens is 3. The molecule has 2 heterocycles. The van der Waals surface area contributed by atoms with E-state index in [1.54, 1.807) is 23.2 Å². The summed E-state index contributed by atoms with van der Waals surface area (Å²) >= 11 is 3.39. The van der Waals surface area contributed by atoms with Gasteiger partial charge in [-0.2, -0.15) is 0 Å². The molecule has 136 valence electrons. The van der Waals surface area contributed by atoms with Crippen LogP contribution in [0.3, 0.4) is 0 Å². The minimum atomic E-state index is -0.0705. The number of ether oxygens (including phenoxy) is 1. The van der Waals surface area contributed by atoms with Gasteiger partial charge >= 0.3 is 0 Å². The Morgan fingerprint density at radius 3 is 2.64 bits per heavy atom. The Kier molecular flexibility index (Phi) is 8.65. The van der Waals surface area contributed by atoms with Gasteiger partial charge in [0.1, 0.15) is 11.3 Å². The number of rotatable bonds is 4. The summed E-state index contributed by atoms with van der Waals surface area (Å²) in [7, 11) is 1.83. The van der Waals surface area contributed by atoms with Gasteiger partial charge in [-0.05, 0) is 49.4 Å². The Labute approximate surface area is 168 Å². The molecule has 1 saturated heterocycles. The number of hydrogen-bond acceptors (Lipinski definition) is 4. The largest absolute Gasteiger partial charge is 0.438 e. The van der Waals surface area contributed by atoms with Crippen LogP contribution in [0, 0.1) is 0 Å². The van der Waals surface area contributed by atoms with Crippen LogP contribution in [-0.2, 0) is 0 Å². The minimum Gasteiger partial charge on any atom is -0.438 e. The van der Waals surface area contributed by atoms with Crippen molar-refractivity contribution >= 4 is 46.7 Å². The highest BCUT2D eigenvalue weighted by molar-refractivity contribution is 9.10. The highest BCUT2D eigenvalue weighted by Crippen LogP contribution is 2.25. The fourth-order valence-corrected chi connectivity index (χ4v) is 2.84. The van der Waals surface area contributed by atoms with Gasteiger partial charge in [0.15, 0.2) is 0 Å². The van der Waals surface area contributed by atoms with E-state index in [9.17, 15) is 4.79 Å². The lowest BCUT2D eigenvalue weighted by molar-refractivity contribution is 0.0740. The molecule has 1 aromatic heterocycles. The van der Waals surface area contributed by atoms with Gasteiger partial charge in [-0.25, -0.2) is 4.98 Å². The predicted molar refractivity (Wildman–Crippen MR) is 106 cm³/mol. The first-order valence-corrected chi connectivity index (χ1v) is 8.31. The van der Waals surface area contributed by atoms with Crippen LogP contribution in [0.1, 0.15) is 16.8 Å². The van der Waals surface area contributed by atoms with E-state index in [2.05, 4.69) is 26.2 Å². The summed E-state index contributed by atoms with van der Waals surface area (Å²) in [6, 6.07) is 11.1. The van der Waals surface area contributed by atoms with Crippen molar-refractivity contribution in [2.45, 2.75) is 12.5 Å². The summed E-state index contributed by atoms with van der Waals surface area (Å²) in [4.78, 5) is 18.8. The van der Waals surface area contributed by atoms with E-state index in [4.69, 9.17) is 4.74 Å². The maximum atomic E-state index is 12.8. The van der Waals surface area contributed by atoms with Crippen LogP contribution in [0.25, 0.3) is 0 Å². The maximum absolute atomic E-state index is 12.8. The number of nitrogens with zero attached hydrogens (tertiary/aromatic N) is 2. The second kappa shape index (κ2) is 9.97. The van der Waals surface area contributed by atoms with Crippen molar-refractivity contribution in [3.63, 3.8) is 0 Å². The smallest absolute Gasteiger partial charge is 0.259 e. The molecule has 1 unspecified atom stereocenters. The molecular formula is C17H20BrCl2N3O2. The van der Waals surface area contributed by atoms with E-state index < -0.39 is 0 Å². The summed E-state index contributed by atoms with van der Waals surface area (Å²) in [5.74, 6) is 0.905. The number of carbonyl (C=O) groups excluding carboxylic acids is 1. The van der Waals surface area contributed by atoms with E-state index in [1.807, 2.05) is 31.3 Å². The van der Waals surface area contributed by atoms with Gasteiger partial charge in [-0.3, -0.25) is 4.79 Å². The SMILES string of the molecule is CN(C(=O)c1cccnc1Oc1ccc(Br)cc1)C1CCNC1.Cl.Cl. The van der Waals surface area contributed by atoms with E-state index in [1.165, 1.54) is 0 Å². The molecular weight excluding hydrogens is 429 g/mol. The van der Waals surface area contributed by atoms with E-state index in [0.29, 0.717) is 17.2 Å². The van der Waals surface area contributed by atoms with Crippen molar-refractivity contribution in [2.75, 3.05) is 20.1 Å². The average molecular weight is 449 g/mol. The molecule has 1 N–H and O–H groups in total. The zero-order chi connectivity index (χ0) is 16.2. The van der Waals surface area contributed by atoms with Gasteiger partial charge in [-0.1, -0.05) is 15.9 Å². The quantitative estimate of drug-likeness (QED) is 0.770. The number of pyridine rings is 1. The van der Waals surface area contributed by atoms with Gasteiger partial charge in [0.05, 0.1) is 0 Å². The van der Waals surface area contributed by atoms with Crippen LogP contribution in [0.15, 0.2) is 47.1 Å². The molecule has 1 aliphatic heterocycles. The van der Waals surface area contributed by atoms with Crippen molar-refractivity contribution in [3.8, 4) is 11.6 Å². The summed E-state index contributed by atoms with van der Waals surface area (Å²) in [6.07, 6.45) is 2.59. The molecule has 1 atom stereocenters. The number of benzene rings is 1. The third-order valence-corrected chi connectivity index (χ3v) is 4.46. The fraction of sp³-hybridized carbons (Fsp3) is 0.294. The van der Waals surface area contributed by atoms with Gasteiger partial charge in [-0.15, -0.1) is 24.8 Å². The van der Waals surface area contributed by atoms with Crippen molar-refractivity contribution < 1.29 is 9.53 Å². The second-order valence-corrected chi connectivity index (χ2v) is 6.39. The molecule has 2 aromatic rings. The topological polar surface area (TPSA) is 54.5 Å². The highest BCUT2D eigenvalue weighted by Gasteiger charge is 2.26. The molecule has 0 bridgehead atoms. The first-order valence-electron chi connectivity index (χ1n) is 7.51. The first kappa shape index (κ1) is 21.7. The number of likely N-dealkylation sites (N-methyl/N-ethyl adjacent to an activating group) is 1. The Morgan fingerprint density at radius 1 is 1.28 bits per heavy atom. The van der Waals surface area contributed by atoms with E-state index >= 15 is 0 Å². The van der Waals surface area contributed by atoms with Gasteiger partial charge in [0.2, 0.25) is 5.88 Å². The molecule has 1 aromatic carbocycles. The minimum absolute atomic E-state index is 0. The number of hydrogen-bond donors (Lipinski definition) is 1. The molecule has 1 aliphatic rings. The average Bonchev–Trinajstić information content (AvgIpc) is 3.11. The van der Waals surface area contributed by atoms with Crippen molar-refractivity contribution in [2.24, 2.45) is 0 Å². The lowest BCUT2D eigenvalue weighted by Crippen LogP contribution is -2.38. The summed E-state index contributed by atoms with van der Waals surface area (Å²) in [5.41, 5.74) is 0.477. The van der Waals surface area contributed by atoms with Crippen LogP contribution in [0.5, 0.6) is 11.6 Å². The molecule has 0 saturated carbocycles. The lowest BCUT2D eigenvalue weighted by atomic mass is 10.2. The highest BCUT2D eigenvalue weighted by atomic mass is 79.9. The van der Waals surface area contributed by atoms with Crippen LogP contribution < -0.4 is 10.1 Å². The molecule has 0 aliphatic carbocycles. The molecule has 0 radical (unpaired) electrons. The van der Waals surface area contributed by atoms with Crippen LogP contribution in [0.2, 0.25) is 0 Å². The molecule has 0 spiro atoms. The number of carbonyl (C=O) groups is 1. The van der Waals surface area contributed by atoms with Gasteiger partial charge in [0, 0.05) is 30.3 Å². The molecule has 1 fully saturated rings. The number of nitrogens with one attached hydrogen (secondary N) is 1. The van der Waals surface area contributed by atoms with Crippen LogP contribution in [-0.4, -0.2) is 42.0 Å². The summed E-state index contributed by atoms with van der Waals surface area (Å²) in [6.45, 7) is 1.77. The normalized spacial score (nSPS) is 15.7. The third-order valence-electron chi connectivity index (χ3n) is 3.93. The zero-order valence-corrected chi connectivity index (χ0v) is 16.9. The van der Waals surface area contributed by atoms with Crippen molar-refractivity contribution in [1.29, 1.82) is 0 Å². The van der Waals surface area contributed by atoms with Crippen LogP contribution in [0.4, 0.5) is 0 Å². The number of amides is 1. The maximum Gasteiger partial charge on any atom is 0.259 e. The molecule has 3 rings (SSSR count). The zero-order valence-electron chi connectivity index (χ0n) is 13.6. The Hall–Kier alpha value is -1.34. The molecule has 25 heavy (non-hydrogen) atoms. The Morgan fingerprint density at radius 2 is 2.00 bits per heavy atom. The predicted octanol–water partition coefficient (Wildman–Crippen LogP) is 3.91. The monoisotopic (exact) mass is 447 g/mol. The molecule has 1 amide bonds. The third kappa shape index (κ3) is 5.31. The van der Waals surface area contributed by atoms with Gasteiger partial charge < -0.3 is 15.0 Å². The lowest BCUT2D eigenvalue weighted by Gasteiger charge is -2.24. The van der Waals surface area contributed by atoms with Gasteiger partial charge in [0.25, 0.3) is 5.91 Å². The van der Waals surface area contributed by atoms with Crippen molar-refractivity contribution in [1.82, 2.24) is 15.2 Å². The standard InChI is InChI=1S/C17H18BrN3O2.2ClH/c1-21(13-8-10-19-11-13)17(22)15-3-2-9-20-16(15)23-14-6-4-12(18)5-7-14;;/h2-7,9,13,19H,8,10-11H2,1H3;2*1H. The van der Waals surface area contributed by atoms with E-state index in [-0.39, 0.29) is 36.8 Å².